The molecule has 0 saturated heterocycles. The Morgan fingerprint density at radius 1 is 0.480 bits per heavy atom. The summed E-state index contributed by atoms with van der Waals surface area (Å²) in [6.45, 7) is 0. The monoisotopic (exact) mass is 641 g/mol. The van der Waals surface area contributed by atoms with Gasteiger partial charge in [-0.1, -0.05) is 158 Å². The van der Waals surface area contributed by atoms with E-state index in [1.807, 2.05) is 0 Å². The smallest absolute Gasteiger partial charge is 0.0710 e. The fraction of sp³-hybridized carbons (Fsp3) is 0.102. The fourth-order valence-electron chi connectivity index (χ4n) is 8.55. The van der Waals surface area contributed by atoms with Gasteiger partial charge in [-0.3, -0.25) is 0 Å². The van der Waals surface area contributed by atoms with E-state index in [1.54, 1.807) is 0 Å². The van der Waals surface area contributed by atoms with Gasteiger partial charge in [0.05, 0.1) is 5.41 Å². The maximum atomic E-state index is 2.47. The van der Waals surface area contributed by atoms with Crippen LogP contribution in [-0.2, 0) is 18.3 Å². The molecule has 0 aromatic heterocycles. The van der Waals surface area contributed by atoms with Crippen LogP contribution in [0.25, 0.3) is 16.7 Å². The summed E-state index contributed by atoms with van der Waals surface area (Å²) < 4.78 is 0. The van der Waals surface area contributed by atoms with Crippen molar-refractivity contribution in [2.24, 2.45) is 0 Å². The second kappa shape index (κ2) is 12.8. The van der Waals surface area contributed by atoms with Crippen LogP contribution in [-0.4, -0.2) is 0 Å². The number of rotatable bonds is 5. The molecule has 50 heavy (non-hydrogen) atoms. The molecule has 3 aliphatic rings. The summed E-state index contributed by atoms with van der Waals surface area (Å²) in [5.74, 6) is 0. The van der Waals surface area contributed by atoms with Crippen LogP contribution in [0, 0.1) is 0 Å². The highest BCUT2D eigenvalue weighted by molar-refractivity contribution is 5.90. The molecule has 0 heterocycles. The molecule has 0 saturated carbocycles. The molecule has 0 amide bonds. The molecular weight excluding hydrogens is 603 g/mol. The first-order chi connectivity index (χ1) is 24.8. The van der Waals surface area contributed by atoms with Crippen LogP contribution in [0.2, 0.25) is 0 Å². The SMILES string of the molecule is C1=CC2=C(CC1)c1cc(N(C3=C/Cc4ccccc4-c4ccccc4C/C=C\3)c3ccccc3)ccc1C2(c1ccccc1)c1ccccc1. The highest BCUT2D eigenvalue weighted by Crippen LogP contribution is 2.57. The molecule has 0 bridgehead atoms. The molecule has 6 aromatic rings. The van der Waals surface area contributed by atoms with Crippen LogP contribution < -0.4 is 4.90 Å². The van der Waals surface area contributed by atoms with Gasteiger partial charge in [0.2, 0.25) is 0 Å². The number of nitrogens with zero attached hydrogens (tertiary/aromatic N) is 1. The second-order valence-corrected chi connectivity index (χ2v) is 13.5. The Morgan fingerprint density at radius 2 is 1.08 bits per heavy atom. The minimum Gasteiger partial charge on any atom is -0.311 e. The van der Waals surface area contributed by atoms with E-state index in [0.717, 1.165) is 31.4 Å². The Hall–Kier alpha value is -5.92. The Labute approximate surface area is 295 Å². The standard InChI is InChI=1S/C49H39N/c1-4-20-38(21-5-1)49(39-22-6-2-7-23-39)47-30-15-14-29-45(47)46-35-42(33-34-48(46)49)50(40-24-8-3-9-25-40)41-26-16-19-36-17-10-12-27-43(36)44-28-13-11-18-37(44)31-32-41/h1-13,15-18,20-28,30,32-35H,14,19,29,31H2/b26-16-,41-32+. The van der Waals surface area contributed by atoms with E-state index in [2.05, 4.69) is 193 Å². The molecule has 0 atom stereocenters. The highest BCUT2D eigenvalue weighted by Gasteiger charge is 2.47. The first-order valence-electron chi connectivity index (χ1n) is 17.9. The van der Waals surface area contributed by atoms with Crippen molar-refractivity contribution in [3.05, 3.63) is 233 Å². The number of anilines is 2. The van der Waals surface area contributed by atoms with Gasteiger partial charge in [-0.05, 0) is 112 Å². The van der Waals surface area contributed by atoms with E-state index in [0.29, 0.717) is 0 Å². The molecule has 9 rings (SSSR count). The fourth-order valence-corrected chi connectivity index (χ4v) is 8.55. The van der Waals surface area contributed by atoms with Crippen LogP contribution in [0.5, 0.6) is 0 Å². The first kappa shape index (κ1) is 30.2. The molecule has 6 aromatic carbocycles. The summed E-state index contributed by atoms with van der Waals surface area (Å²) in [6, 6.07) is 58.1. The maximum Gasteiger partial charge on any atom is 0.0710 e. The van der Waals surface area contributed by atoms with Gasteiger partial charge in [-0.15, -0.1) is 0 Å². The molecule has 0 spiro atoms. The average molecular weight is 642 g/mol. The van der Waals surface area contributed by atoms with E-state index in [-0.39, 0.29) is 5.41 Å². The Kier molecular flexibility index (Phi) is 7.75. The third kappa shape index (κ3) is 5.01. The molecule has 1 nitrogen and oxygen atoms in total. The van der Waals surface area contributed by atoms with Gasteiger partial charge < -0.3 is 4.90 Å². The van der Waals surface area contributed by atoms with Gasteiger partial charge >= 0.3 is 0 Å². The lowest BCUT2D eigenvalue weighted by Crippen LogP contribution is -2.29. The zero-order valence-electron chi connectivity index (χ0n) is 28.2. The molecule has 0 aliphatic heterocycles. The summed E-state index contributed by atoms with van der Waals surface area (Å²) >= 11 is 0. The van der Waals surface area contributed by atoms with E-state index >= 15 is 0 Å². The normalized spacial score (nSPS) is 17.4. The average Bonchev–Trinajstić information content (AvgIpc) is 3.49. The number of fused-ring (bicyclic) bond motifs is 5. The van der Waals surface area contributed by atoms with E-state index in [9.17, 15) is 0 Å². The predicted octanol–water partition coefficient (Wildman–Crippen LogP) is 12.2. The van der Waals surface area contributed by atoms with Crippen LogP contribution in [0.1, 0.15) is 46.2 Å². The highest BCUT2D eigenvalue weighted by atomic mass is 15.1. The third-order valence-electron chi connectivity index (χ3n) is 10.7. The van der Waals surface area contributed by atoms with Gasteiger partial charge in [0, 0.05) is 17.1 Å². The third-order valence-corrected chi connectivity index (χ3v) is 10.7. The van der Waals surface area contributed by atoms with Gasteiger partial charge in [-0.25, -0.2) is 0 Å². The zero-order valence-corrected chi connectivity index (χ0v) is 28.2. The lowest BCUT2D eigenvalue weighted by Gasteiger charge is -2.35. The number of benzene rings is 6. The Bertz CT molecular complexity index is 2260. The molecular formula is C49H39N. The van der Waals surface area contributed by atoms with Crippen LogP contribution >= 0.6 is 0 Å². The molecule has 1 heteroatoms. The predicted molar refractivity (Wildman–Crippen MR) is 210 cm³/mol. The number of hydrogen-bond acceptors (Lipinski definition) is 1. The molecule has 0 radical (unpaired) electrons. The van der Waals surface area contributed by atoms with Crippen LogP contribution in [0.15, 0.2) is 199 Å². The number of allylic oxidation sites excluding steroid dienone is 7. The lowest BCUT2D eigenvalue weighted by molar-refractivity contribution is 0.756. The quantitative estimate of drug-likeness (QED) is 0.181. The van der Waals surface area contributed by atoms with Crippen molar-refractivity contribution < 1.29 is 0 Å². The summed E-state index contributed by atoms with van der Waals surface area (Å²) in [5.41, 5.74) is 16.7. The van der Waals surface area contributed by atoms with E-state index in [4.69, 9.17) is 0 Å². The number of para-hydroxylation sites is 1. The second-order valence-electron chi connectivity index (χ2n) is 13.5. The molecule has 0 N–H and O–H groups in total. The zero-order chi connectivity index (χ0) is 33.3. The minimum atomic E-state index is -0.368. The van der Waals surface area contributed by atoms with Crippen LogP contribution in [0.4, 0.5) is 11.4 Å². The van der Waals surface area contributed by atoms with E-state index < -0.39 is 0 Å². The van der Waals surface area contributed by atoms with Crippen molar-refractivity contribution in [3.63, 3.8) is 0 Å². The van der Waals surface area contributed by atoms with Gasteiger partial charge in [0.25, 0.3) is 0 Å². The van der Waals surface area contributed by atoms with Crippen molar-refractivity contribution in [1.82, 2.24) is 0 Å². The van der Waals surface area contributed by atoms with Gasteiger partial charge in [0.15, 0.2) is 0 Å². The molecule has 3 aliphatic carbocycles. The Morgan fingerprint density at radius 3 is 1.76 bits per heavy atom. The topological polar surface area (TPSA) is 3.24 Å². The van der Waals surface area contributed by atoms with Crippen molar-refractivity contribution in [3.8, 4) is 11.1 Å². The van der Waals surface area contributed by atoms with Crippen molar-refractivity contribution in [2.45, 2.75) is 31.1 Å². The molecule has 0 unspecified atom stereocenters. The Balaban J connectivity index is 1.24. The maximum absolute atomic E-state index is 2.47. The summed E-state index contributed by atoms with van der Waals surface area (Å²) in [6.07, 6.45) is 15.7. The number of hydrogen-bond donors (Lipinski definition) is 0. The first-order valence-corrected chi connectivity index (χ1v) is 17.9. The molecule has 240 valence electrons. The van der Waals surface area contributed by atoms with Crippen molar-refractivity contribution >= 4 is 16.9 Å². The molecule has 0 fully saturated rings. The summed E-state index contributed by atoms with van der Waals surface area (Å²) in [7, 11) is 0. The van der Waals surface area contributed by atoms with Crippen molar-refractivity contribution in [1.29, 1.82) is 0 Å². The van der Waals surface area contributed by atoms with Gasteiger partial charge in [0.1, 0.15) is 0 Å². The van der Waals surface area contributed by atoms with Crippen molar-refractivity contribution in [2.75, 3.05) is 4.90 Å². The van der Waals surface area contributed by atoms with E-state index in [1.165, 1.54) is 67.0 Å². The lowest BCUT2D eigenvalue weighted by atomic mass is 9.66. The summed E-state index contributed by atoms with van der Waals surface area (Å²) in [4.78, 5) is 2.46. The summed E-state index contributed by atoms with van der Waals surface area (Å²) in [5, 5.41) is 0. The largest absolute Gasteiger partial charge is 0.311 e. The van der Waals surface area contributed by atoms with Gasteiger partial charge in [-0.2, -0.15) is 0 Å². The van der Waals surface area contributed by atoms with Crippen LogP contribution in [0.3, 0.4) is 0 Å². The minimum absolute atomic E-state index is 0.368.